The van der Waals surface area contributed by atoms with Crippen LogP contribution in [0.5, 0.6) is 0 Å². The molecule has 0 amide bonds. The Balaban J connectivity index is 3.03. The highest BCUT2D eigenvalue weighted by Gasteiger charge is 1.96. The zero-order valence-corrected chi connectivity index (χ0v) is 6.34. The van der Waals surface area contributed by atoms with Crippen molar-refractivity contribution in [2.75, 3.05) is 0 Å². The first-order valence-electron chi connectivity index (χ1n) is 3.09. The molecule has 0 N–H and O–H groups in total. The maximum Gasteiger partial charge on any atom is 0.297 e. The van der Waals surface area contributed by atoms with E-state index < -0.39 is 0 Å². The lowest BCUT2D eigenvalue weighted by molar-refractivity contribution is 1.09. The Morgan fingerprint density at radius 1 is 1.27 bits per heavy atom. The number of hydrogen-bond acceptors (Lipinski definition) is 4. The molecule has 11 heavy (non-hydrogen) atoms. The molecule has 0 bridgehead atoms. The van der Waals surface area contributed by atoms with Gasteiger partial charge in [0.1, 0.15) is 0 Å². The van der Waals surface area contributed by atoms with Crippen molar-refractivity contribution < 1.29 is 0 Å². The van der Waals surface area contributed by atoms with Gasteiger partial charge in [-0.3, -0.25) is 4.79 Å². The summed E-state index contributed by atoms with van der Waals surface area (Å²) in [5.41, 5.74) is -0.251. The Kier molecular flexibility index (Phi) is 1.40. The summed E-state index contributed by atoms with van der Waals surface area (Å²) in [6.07, 6.45) is 0. The molecule has 0 spiro atoms. The minimum atomic E-state index is -0.251. The van der Waals surface area contributed by atoms with Gasteiger partial charge in [0.15, 0.2) is 0 Å². The molecule has 4 heteroatoms. The fourth-order valence-corrected chi connectivity index (χ4v) is 1.47. The third-order valence-electron chi connectivity index (χ3n) is 1.39. The molecule has 0 unspecified atom stereocenters. The van der Waals surface area contributed by atoms with Gasteiger partial charge in [-0.25, -0.2) is 0 Å². The Morgan fingerprint density at radius 2 is 2.09 bits per heavy atom. The number of nitrogens with zero attached hydrogens (tertiary/aromatic N) is 2. The van der Waals surface area contributed by atoms with E-state index in [1.165, 1.54) is 11.5 Å². The van der Waals surface area contributed by atoms with Crippen LogP contribution in [0.3, 0.4) is 0 Å². The number of rotatable bonds is 0. The van der Waals surface area contributed by atoms with Crippen LogP contribution in [0.4, 0.5) is 0 Å². The van der Waals surface area contributed by atoms with Crippen molar-refractivity contribution in [2.24, 2.45) is 0 Å². The van der Waals surface area contributed by atoms with Crippen molar-refractivity contribution in [3.8, 4) is 0 Å². The predicted octanol–water partition coefficient (Wildman–Crippen LogP) is 1.05. The monoisotopic (exact) mass is 164 g/mol. The molecule has 0 aliphatic carbocycles. The molecule has 1 heterocycles. The molecule has 0 aliphatic heterocycles. The first-order chi connectivity index (χ1) is 5.38. The Bertz CT molecular complexity index is 432. The highest BCUT2D eigenvalue weighted by atomic mass is 32.1. The van der Waals surface area contributed by atoms with Gasteiger partial charge in [-0.05, 0) is 23.7 Å². The van der Waals surface area contributed by atoms with Crippen LogP contribution >= 0.6 is 11.5 Å². The zero-order valence-electron chi connectivity index (χ0n) is 5.52. The summed E-state index contributed by atoms with van der Waals surface area (Å²) in [7, 11) is 0. The van der Waals surface area contributed by atoms with Crippen LogP contribution < -0.4 is 5.56 Å². The third-order valence-corrected chi connectivity index (χ3v) is 2.10. The molecule has 0 radical (unpaired) electrons. The van der Waals surface area contributed by atoms with Gasteiger partial charge < -0.3 is 0 Å². The van der Waals surface area contributed by atoms with E-state index in [1.54, 1.807) is 6.07 Å². The normalized spacial score (nSPS) is 10.2. The second kappa shape index (κ2) is 2.39. The molecule has 0 saturated carbocycles. The van der Waals surface area contributed by atoms with Crippen molar-refractivity contribution >= 4 is 21.6 Å². The van der Waals surface area contributed by atoms with Gasteiger partial charge in [0.05, 0.1) is 10.1 Å². The average Bonchev–Trinajstić information content (AvgIpc) is 2.06. The summed E-state index contributed by atoms with van der Waals surface area (Å²) < 4.78 is 4.47. The Hall–Kier alpha value is -1.29. The third kappa shape index (κ3) is 1.01. The Labute approximate surface area is 66.5 Å². The standard InChI is InChI=1S/C7H4N2OS/c10-7-5-3-1-2-4-6(5)11-9-8-7/h1-4H. The van der Waals surface area contributed by atoms with E-state index in [0.29, 0.717) is 5.39 Å². The van der Waals surface area contributed by atoms with Crippen molar-refractivity contribution in [1.82, 2.24) is 9.59 Å². The molecule has 0 aliphatic rings. The summed E-state index contributed by atoms with van der Waals surface area (Å²) in [6, 6.07) is 7.30. The fraction of sp³-hybridized carbons (Fsp3) is 0. The van der Waals surface area contributed by atoms with Crippen LogP contribution in [-0.4, -0.2) is 9.59 Å². The van der Waals surface area contributed by atoms with Crippen LogP contribution in [0.15, 0.2) is 29.1 Å². The summed E-state index contributed by atoms with van der Waals surface area (Å²) in [5.74, 6) is 0. The van der Waals surface area contributed by atoms with Gasteiger partial charge in [-0.1, -0.05) is 21.7 Å². The summed E-state index contributed by atoms with van der Waals surface area (Å²) in [5, 5.41) is 4.07. The van der Waals surface area contributed by atoms with E-state index in [1.807, 2.05) is 18.2 Å². The van der Waals surface area contributed by atoms with Crippen molar-refractivity contribution in [3.05, 3.63) is 34.6 Å². The van der Waals surface area contributed by atoms with Gasteiger partial charge in [0.25, 0.3) is 5.56 Å². The van der Waals surface area contributed by atoms with Gasteiger partial charge in [0.2, 0.25) is 0 Å². The summed E-state index contributed by atoms with van der Waals surface area (Å²) in [6.45, 7) is 0. The van der Waals surface area contributed by atoms with Gasteiger partial charge >= 0.3 is 0 Å². The van der Waals surface area contributed by atoms with Crippen molar-refractivity contribution in [3.63, 3.8) is 0 Å². The van der Waals surface area contributed by atoms with Crippen LogP contribution in [0.25, 0.3) is 10.1 Å². The molecule has 54 valence electrons. The number of aromatic nitrogens is 2. The molecule has 2 aromatic rings. The maximum absolute atomic E-state index is 11.0. The minimum Gasteiger partial charge on any atom is -0.265 e. The van der Waals surface area contributed by atoms with E-state index in [9.17, 15) is 4.79 Å². The average molecular weight is 164 g/mol. The van der Waals surface area contributed by atoms with E-state index in [4.69, 9.17) is 0 Å². The van der Waals surface area contributed by atoms with E-state index in [2.05, 4.69) is 9.59 Å². The summed E-state index contributed by atoms with van der Waals surface area (Å²) in [4.78, 5) is 11.0. The first-order valence-corrected chi connectivity index (χ1v) is 3.87. The molecule has 2 rings (SSSR count). The van der Waals surface area contributed by atoms with Gasteiger partial charge in [-0.2, -0.15) is 0 Å². The van der Waals surface area contributed by atoms with Crippen LogP contribution in [-0.2, 0) is 0 Å². The lowest BCUT2D eigenvalue weighted by Crippen LogP contribution is -2.05. The lowest BCUT2D eigenvalue weighted by atomic mass is 10.3. The Morgan fingerprint density at radius 3 is 2.91 bits per heavy atom. The highest BCUT2D eigenvalue weighted by Crippen LogP contribution is 2.09. The van der Waals surface area contributed by atoms with Crippen molar-refractivity contribution in [2.45, 2.75) is 0 Å². The molecule has 3 nitrogen and oxygen atoms in total. The van der Waals surface area contributed by atoms with Crippen molar-refractivity contribution in [1.29, 1.82) is 0 Å². The van der Waals surface area contributed by atoms with Gasteiger partial charge in [0, 0.05) is 0 Å². The molecular weight excluding hydrogens is 160 g/mol. The molecule has 0 atom stereocenters. The highest BCUT2D eigenvalue weighted by molar-refractivity contribution is 7.12. The smallest absolute Gasteiger partial charge is 0.265 e. The lowest BCUT2D eigenvalue weighted by Gasteiger charge is -1.88. The quantitative estimate of drug-likeness (QED) is 0.584. The second-order valence-corrected chi connectivity index (χ2v) is 2.86. The van der Waals surface area contributed by atoms with E-state index >= 15 is 0 Å². The maximum atomic E-state index is 11.0. The SMILES string of the molecule is O=c1nnsc2ccccc12. The molecule has 1 aromatic carbocycles. The zero-order chi connectivity index (χ0) is 7.68. The number of fused-ring (bicyclic) bond motifs is 1. The summed E-state index contributed by atoms with van der Waals surface area (Å²) >= 11 is 1.23. The molecule has 1 aromatic heterocycles. The van der Waals surface area contributed by atoms with Crippen LogP contribution in [0, 0.1) is 0 Å². The number of benzene rings is 1. The molecular formula is C7H4N2OS. The molecule has 0 saturated heterocycles. The largest absolute Gasteiger partial charge is 0.297 e. The van der Waals surface area contributed by atoms with Crippen LogP contribution in [0.2, 0.25) is 0 Å². The molecule has 0 fully saturated rings. The fourth-order valence-electron chi connectivity index (χ4n) is 0.878. The predicted molar refractivity (Wildman–Crippen MR) is 43.7 cm³/mol. The second-order valence-electron chi connectivity index (χ2n) is 2.07. The first kappa shape index (κ1) is 6.42. The topological polar surface area (TPSA) is 42.9 Å². The van der Waals surface area contributed by atoms with E-state index in [-0.39, 0.29) is 5.56 Å². The van der Waals surface area contributed by atoms with Crippen LogP contribution in [0.1, 0.15) is 0 Å². The number of hydrogen-bond donors (Lipinski definition) is 0. The van der Waals surface area contributed by atoms with E-state index in [0.717, 1.165) is 4.70 Å². The van der Waals surface area contributed by atoms with Gasteiger partial charge in [-0.15, -0.1) is 0 Å². The minimum absolute atomic E-state index is 0.251.